The summed E-state index contributed by atoms with van der Waals surface area (Å²) in [5.41, 5.74) is 3.53. The number of benzene rings is 1. The van der Waals surface area contributed by atoms with E-state index in [0.29, 0.717) is 30.6 Å². The molecule has 1 fully saturated rings. The van der Waals surface area contributed by atoms with E-state index in [9.17, 15) is 4.79 Å². The predicted molar refractivity (Wildman–Crippen MR) is 108 cm³/mol. The first-order chi connectivity index (χ1) is 14.3. The number of aromatic nitrogens is 3. The topological polar surface area (TPSA) is 72.1 Å². The Morgan fingerprint density at radius 2 is 2.03 bits per heavy atom. The molecular formula is C23H24N4O2. The first-order valence-corrected chi connectivity index (χ1v) is 10.4. The lowest BCUT2D eigenvalue weighted by Crippen LogP contribution is -2.38. The highest BCUT2D eigenvalue weighted by atomic mass is 16.5. The summed E-state index contributed by atoms with van der Waals surface area (Å²) < 4.78 is 5.37. The Morgan fingerprint density at radius 1 is 1.14 bits per heavy atom. The summed E-state index contributed by atoms with van der Waals surface area (Å²) in [4.78, 5) is 23.9. The normalized spacial score (nSPS) is 18.3. The average Bonchev–Trinajstić information content (AvgIpc) is 3.49. The van der Waals surface area contributed by atoms with Crippen molar-refractivity contribution in [2.75, 3.05) is 0 Å². The van der Waals surface area contributed by atoms with E-state index in [-0.39, 0.29) is 11.9 Å². The smallest absolute Gasteiger partial charge is 0.227 e. The maximum Gasteiger partial charge on any atom is 0.227 e. The molecule has 1 amide bonds. The molecule has 1 saturated carbocycles. The van der Waals surface area contributed by atoms with E-state index >= 15 is 0 Å². The summed E-state index contributed by atoms with van der Waals surface area (Å²) in [5.74, 6) is 1.20. The van der Waals surface area contributed by atoms with E-state index in [2.05, 4.69) is 44.3 Å². The van der Waals surface area contributed by atoms with Crippen LogP contribution in [-0.2, 0) is 17.6 Å². The van der Waals surface area contributed by atoms with Crippen molar-refractivity contribution in [2.45, 2.75) is 57.0 Å². The molecule has 2 heterocycles. The molecular weight excluding hydrogens is 364 g/mol. The van der Waals surface area contributed by atoms with Crippen LogP contribution in [0.4, 0.5) is 0 Å². The fourth-order valence-electron chi connectivity index (χ4n) is 4.31. The number of aryl methyl sites for hydroxylation is 2. The van der Waals surface area contributed by atoms with Crippen molar-refractivity contribution in [3.63, 3.8) is 0 Å². The Kier molecular flexibility index (Phi) is 4.84. The van der Waals surface area contributed by atoms with Crippen molar-refractivity contribution in [2.24, 2.45) is 0 Å². The second kappa shape index (κ2) is 7.78. The molecule has 1 aromatic carbocycles. The molecule has 1 unspecified atom stereocenters. The third kappa shape index (κ3) is 3.79. The van der Waals surface area contributed by atoms with Crippen molar-refractivity contribution < 1.29 is 9.32 Å². The van der Waals surface area contributed by atoms with Crippen LogP contribution in [0, 0.1) is 0 Å². The lowest BCUT2D eigenvalue weighted by atomic mass is 9.86. The third-order valence-corrected chi connectivity index (χ3v) is 5.84. The van der Waals surface area contributed by atoms with Crippen molar-refractivity contribution in [1.29, 1.82) is 0 Å². The zero-order valence-corrected chi connectivity index (χ0v) is 16.3. The number of carbonyl (C=O) groups is 1. The van der Waals surface area contributed by atoms with Crippen LogP contribution in [0.2, 0.25) is 0 Å². The summed E-state index contributed by atoms with van der Waals surface area (Å²) >= 11 is 0. The molecule has 1 atom stereocenters. The van der Waals surface area contributed by atoms with E-state index in [1.807, 2.05) is 12.1 Å². The Balaban J connectivity index is 1.29. The molecule has 5 rings (SSSR count). The van der Waals surface area contributed by atoms with Gasteiger partial charge < -0.3 is 9.42 Å². The van der Waals surface area contributed by atoms with Gasteiger partial charge >= 0.3 is 0 Å². The Bertz CT molecular complexity index is 997. The predicted octanol–water partition coefficient (Wildman–Crippen LogP) is 4.13. The quantitative estimate of drug-likeness (QED) is 0.635. The van der Waals surface area contributed by atoms with Crippen LogP contribution >= 0.6 is 0 Å². The SMILES string of the molecule is O=C(CCc1nc(-c2cccnc2)no1)N(C1CC1)C1CCCc2ccccc21. The standard InChI is InChI=1S/C23H24N4O2/c28-22(13-12-21-25-23(26-29-21)17-7-4-14-24-15-17)27(18-10-11-18)20-9-3-6-16-5-1-2-8-19(16)20/h1-2,4-5,7-8,14-15,18,20H,3,6,9-13H2. The molecule has 2 aliphatic carbocycles. The van der Waals surface area contributed by atoms with Crippen LogP contribution in [0.3, 0.4) is 0 Å². The summed E-state index contributed by atoms with van der Waals surface area (Å²) in [6, 6.07) is 12.9. The second-order valence-corrected chi connectivity index (χ2v) is 7.89. The van der Waals surface area contributed by atoms with Gasteiger partial charge in [0.2, 0.25) is 17.6 Å². The first kappa shape index (κ1) is 18.0. The highest BCUT2D eigenvalue weighted by molar-refractivity contribution is 5.77. The number of amides is 1. The fraction of sp³-hybridized carbons (Fsp3) is 0.391. The van der Waals surface area contributed by atoms with Crippen LogP contribution in [-0.4, -0.2) is 32.0 Å². The zero-order chi connectivity index (χ0) is 19.6. The minimum absolute atomic E-state index is 0.190. The van der Waals surface area contributed by atoms with Gasteiger partial charge in [0.1, 0.15) is 0 Å². The van der Waals surface area contributed by atoms with Crippen LogP contribution in [0.1, 0.15) is 55.2 Å². The number of pyridine rings is 1. The van der Waals surface area contributed by atoms with Crippen molar-refractivity contribution in [3.8, 4) is 11.4 Å². The monoisotopic (exact) mass is 388 g/mol. The molecule has 2 aliphatic rings. The Morgan fingerprint density at radius 3 is 2.86 bits per heavy atom. The number of fused-ring (bicyclic) bond motifs is 1. The number of hydrogen-bond acceptors (Lipinski definition) is 5. The van der Waals surface area contributed by atoms with Gasteiger partial charge in [-0.15, -0.1) is 0 Å². The number of hydrogen-bond donors (Lipinski definition) is 0. The molecule has 148 valence electrons. The highest BCUT2D eigenvalue weighted by Crippen LogP contribution is 2.41. The molecule has 0 bridgehead atoms. The number of nitrogens with zero attached hydrogens (tertiary/aromatic N) is 4. The van der Waals surface area contributed by atoms with Gasteiger partial charge in [-0.25, -0.2) is 0 Å². The van der Waals surface area contributed by atoms with Gasteiger partial charge in [0, 0.05) is 36.8 Å². The Hall–Kier alpha value is -3.02. The summed E-state index contributed by atoms with van der Waals surface area (Å²) in [6.45, 7) is 0. The number of rotatable bonds is 6. The zero-order valence-electron chi connectivity index (χ0n) is 16.3. The lowest BCUT2D eigenvalue weighted by Gasteiger charge is -2.36. The largest absolute Gasteiger partial charge is 0.339 e. The molecule has 2 aromatic heterocycles. The molecule has 0 radical (unpaired) electrons. The first-order valence-electron chi connectivity index (χ1n) is 10.4. The van der Waals surface area contributed by atoms with Crippen LogP contribution in [0.5, 0.6) is 0 Å². The Labute approximate surface area is 170 Å². The molecule has 0 aliphatic heterocycles. The molecule has 6 nitrogen and oxygen atoms in total. The van der Waals surface area contributed by atoms with E-state index in [4.69, 9.17) is 4.52 Å². The van der Waals surface area contributed by atoms with Crippen molar-refractivity contribution >= 4 is 5.91 Å². The lowest BCUT2D eigenvalue weighted by molar-refractivity contribution is -0.134. The van der Waals surface area contributed by atoms with E-state index in [1.54, 1.807) is 12.4 Å². The maximum absolute atomic E-state index is 13.2. The number of carbonyl (C=O) groups excluding carboxylic acids is 1. The van der Waals surface area contributed by atoms with Crippen LogP contribution in [0.25, 0.3) is 11.4 Å². The van der Waals surface area contributed by atoms with Gasteiger partial charge in [0.05, 0.1) is 6.04 Å². The minimum Gasteiger partial charge on any atom is -0.339 e. The van der Waals surface area contributed by atoms with Gasteiger partial charge in [-0.05, 0) is 55.4 Å². The molecule has 6 heteroatoms. The van der Waals surface area contributed by atoms with Gasteiger partial charge in [-0.3, -0.25) is 9.78 Å². The highest BCUT2D eigenvalue weighted by Gasteiger charge is 2.39. The van der Waals surface area contributed by atoms with Crippen LogP contribution in [0.15, 0.2) is 53.3 Å². The molecule has 3 aromatic rings. The third-order valence-electron chi connectivity index (χ3n) is 5.84. The van der Waals surface area contributed by atoms with Crippen LogP contribution < -0.4 is 0 Å². The van der Waals surface area contributed by atoms with Gasteiger partial charge in [-0.2, -0.15) is 4.98 Å². The average molecular weight is 388 g/mol. The minimum atomic E-state index is 0.190. The summed E-state index contributed by atoms with van der Waals surface area (Å²) in [5, 5.41) is 4.03. The van der Waals surface area contributed by atoms with Gasteiger partial charge in [0.15, 0.2) is 0 Å². The van der Waals surface area contributed by atoms with E-state index in [0.717, 1.165) is 37.7 Å². The second-order valence-electron chi connectivity index (χ2n) is 7.89. The van der Waals surface area contributed by atoms with E-state index in [1.165, 1.54) is 11.1 Å². The van der Waals surface area contributed by atoms with Gasteiger partial charge in [-0.1, -0.05) is 29.4 Å². The molecule has 0 saturated heterocycles. The summed E-state index contributed by atoms with van der Waals surface area (Å²) in [6.07, 6.45) is 9.77. The van der Waals surface area contributed by atoms with Crippen molar-refractivity contribution in [3.05, 3.63) is 65.8 Å². The molecule has 0 N–H and O–H groups in total. The summed E-state index contributed by atoms with van der Waals surface area (Å²) in [7, 11) is 0. The maximum atomic E-state index is 13.2. The fourth-order valence-corrected chi connectivity index (χ4v) is 4.31. The van der Waals surface area contributed by atoms with E-state index < -0.39 is 0 Å². The molecule has 29 heavy (non-hydrogen) atoms. The van der Waals surface area contributed by atoms with Crippen molar-refractivity contribution in [1.82, 2.24) is 20.0 Å². The molecule has 0 spiro atoms. The van der Waals surface area contributed by atoms with Gasteiger partial charge in [0.25, 0.3) is 0 Å².